The van der Waals surface area contributed by atoms with Crippen LogP contribution in [0.4, 0.5) is 13.2 Å². The molecule has 3 aromatic rings. The van der Waals surface area contributed by atoms with Gasteiger partial charge in [-0.15, -0.1) is 0 Å². The Morgan fingerprint density at radius 3 is 2.49 bits per heavy atom. The van der Waals surface area contributed by atoms with Crippen molar-refractivity contribution >= 4 is 33.2 Å². The predicted octanol–water partition coefficient (Wildman–Crippen LogP) is 5.48. The number of benzene rings is 2. The number of carbonyl (C=O) groups is 1. The Labute approximate surface area is 217 Å². The van der Waals surface area contributed by atoms with Crippen LogP contribution in [0.5, 0.6) is 0 Å². The maximum absolute atomic E-state index is 13.5. The van der Waals surface area contributed by atoms with E-state index in [1.807, 2.05) is 0 Å². The summed E-state index contributed by atoms with van der Waals surface area (Å²) < 4.78 is 72.6. The molecule has 1 amide bonds. The van der Waals surface area contributed by atoms with Crippen LogP contribution in [0.15, 0.2) is 82.3 Å². The molecule has 0 saturated carbocycles. The second-order valence-electron chi connectivity index (χ2n) is 8.29. The van der Waals surface area contributed by atoms with E-state index in [1.54, 1.807) is 49.4 Å². The van der Waals surface area contributed by atoms with Gasteiger partial charge in [-0.05, 0) is 60.5 Å². The second-order valence-corrected chi connectivity index (χ2v) is 10.7. The van der Waals surface area contributed by atoms with Crippen molar-refractivity contribution in [3.8, 4) is 0 Å². The van der Waals surface area contributed by atoms with Crippen LogP contribution < -0.4 is 5.43 Å². The summed E-state index contributed by atoms with van der Waals surface area (Å²) in [6.45, 7) is 1.04. The quantitative estimate of drug-likeness (QED) is 0.399. The first kappa shape index (κ1) is 26.8. The monoisotopic (exact) mass is 553 g/mol. The third-order valence-corrected chi connectivity index (χ3v) is 7.78. The predicted molar refractivity (Wildman–Crippen MR) is 131 cm³/mol. The lowest BCUT2D eigenvalue weighted by Gasteiger charge is -2.28. The van der Waals surface area contributed by atoms with Gasteiger partial charge >= 0.3 is 6.18 Å². The minimum absolute atomic E-state index is 0.0684. The molecule has 0 radical (unpaired) electrons. The molecule has 0 unspecified atom stereocenters. The summed E-state index contributed by atoms with van der Waals surface area (Å²) >= 11 is 5.98. The minimum Gasteiger partial charge on any atom is -0.467 e. The zero-order chi connectivity index (χ0) is 26.8. The van der Waals surface area contributed by atoms with Crippen molar-refractivity contribution in [1.82, 2.24) is 14.7 Å². The molecule has 12 heteroatoms. The molecule has 1 N–H and O–H groups in total. The van der Waals surface area contributed by atoms with Crippen molar-refractivity contribution in [2.75, 3.05) is 13.1 Å². The summed E-state index contributed by atoms with van der Waals surface area (Å²) in [4.78, 5) is 12.9. The van der Waals surface area contributed by atoms with Gasteiger partial charge in [-0.3, -0.25) is 10.2 Å². The van der Waals surface area contributed by atoms with E-state index in [2.05, 4.69) is 5.43 Å². The number of halogens is 4. The lowest BCUT2D eigenvalue weighted by molar-refractivity contribution is -0.138. The van der Waals surface area contributed by atoms with Crippen molar-refractivity contribution in [3.63, 3.8) is 0 Å². The van der Waals surface area contributed by atoms with E-state index in [9.17, 15) is 26.4 Å². The molecular weight excluding hydrogens is 531 g/mol. The number of alkyl halides is 3. The van der Waals surface area contributed by atoms with E-state index in [1.165, 1.54) is 11.3 Å². The fourth-order valence-electron chi connectivity index (χ4n) is 3.89. The molecule has 0 aliphatic carbocycles. The molecule has 7 nitrogen and oxygen atoms in total. The van der Waals surface area contributed by atoms with Crippen molar-refractivity contribution in [1.29, 1.82) is 0 Å². The van der Waals surface area contributed by atoms with E-state index < -0.39 is 45.2 Å². The summed E-state index contributed by atoms with van der Waals surface area (Å²) in [6, 6.07) is 13.0. The average molecular weight is 554 g/mol. The average Bonchev–Trinajstić information content (AvgIpc) is 3.54. The summed E-state index contributed by atoms with van der Waals surface area (Å²) in [6.07, 6.45) is -1.16. The summed E-state index contributed by atoms with van der Waals surface area (Å²) in [5, 5.41) is 1.78. The molecule has 0 bridgehead atoms. The third kappa shape index (κ3) is 5.84. The fourth-order valence-corrected chi connectivity index (χ4v) is 5.54. The maximum atomic E-state index is 13.5. The number of furan rings is 1. The van der Waals surface area contributed by atoms with E-state index in [4.69, 9.17) is 16.0 Å². The second kappa shape index (κ2) is 10.6. The van der Waals surface area contributed by atoms with Gasteiger partial charge in [0.05, 0.1) is 29.0 Å². The highest BCUT2D eigenvalue weighted by Gasteiger charge is 2.37. The van der Waals surface area contributed by atoms with Crippen LogP contribution in [0.25, 0.3) is 5.70 Å². The molecule has 196 valence electrons. The normalized spacial score (nSPS) is 16.1. The highest BCUT2D eigenvalue weighted by atomic mass is 35.5. The first-order valence-electron chi connectivity index (χ1n) is 11.3. The number of hydrogen-bond donors (Lipinski definition) is 1. The third-order valence-electron chi connectivity index (χ3n) is 5.69. The van der Waals surface area contributed by atoms with Gasteiger partial charge in [0.2, 0.25) is 10.0 Å². The van der Waals surface area contributed by atoms with Crippen LogP contribution in [0.1, 0.15) is 36.3 Å². The number of hydrogen-bond acceptors (Lipinski definition) is 5. The summed E-state index contributed by atoms with van der Waals surface area (Å²) in [5.41, 5.74) is 3.23. The Balaban J connectivity index is 1.62. The van der Waals surface area contributed by atoms with Crippen molar-refractivity contribution in [2.24, 2.45) is 0 Å². The van der Waals surface area contributed by atoms with Crippen molar-refractivity contribution in [2.45, 2.75) is 30.5 Å². The number of rotatable bonds is 8. The van der Waals surface area contributed by atoms with E-state index in [-0.39, 0.29) is 6.54 Å². The number of sulfonamides is 1. The lowest BCUT2D eigenvalue weighted by Crippen LogP contribution is -2.47. The smallest absolute Gasteiger partial charge is 0.416 e. The van der Waals surface area contributed by atoms with Crippen LogP contribution in [0, 0.1) is 0 Å². The SMILES string of the molecule is CCCN(CC(=O)N1NC(c2ccc(Cl)cc2)=C[C@H]1c1ccco1)S(=O)(=O)c1cccc(C(F)(F)F)c1. The van der Waals surface area contributed by atoms with E-state index >= 15 is 0 Å². The van der Waals surface area contributed by atoms with Gasteiger partial charge in [-0.1, -0.05) is 36.7 Å². The van der Waals surface area contributed by atoms with Gasteiger partial charge in [0, 0.05) is 11.6 Å². The van der Waals surface area contributed by atoms with Crippen molar-refractivity contribution in [3.05, 3.63) is 94.9 Å². The van der Waals surface area contributed by atoms with Gasteiger partial charge in [0.25, 0.3) is 5.91 Å². The number of carbonyl (C=O) groups excluding carboxylic acids is 1. The van der Waals surface area contributed by atoms with Gasteiger partial charge in [0.1, 0.15) is 11.8 Å². The van der Waals surface area contributed by atoms with E-state index in [0.29, 0.717) is 29.0 Å². The van der Waals surface area contributed by atoms with Crippen LogP contribution in [-0.2, 0) is 21.0 Å². The Bertz CT molecular complexity index is 1390. The summed E-state index contributed by atoms with van der Waals surface area (Å²) in [7, 11) is -4.41. The van der Waals surface area contributed by atoms with Crippen LogP contribution >= 0.6 is 11.6 Å². The molecule has 0 saturated heterocycles. The van der Waals surface area contributed by atoms with Gasteiger partial charge in [-0.25, -0.2) is 13.4 Å². The molecule has 0 spiro atoms. The Morgan fingerprint density at radius 1 is 1.14 bits per heavy atom. The number of nitrogens with one attached hydrogen (secondary N) is 1. The van der Waals surface area contributed by atoms with Gasteiger partial charge < -0.3 is 4.42 Å². The van der Waals surface area contributed by atoms with Crippen LogP contribution in [-0.4, -0.2) is 36.7 Å². The highest BCUT2D eigenvalue weighted by Crippen LogP contribution is 2.33. The first-order valence-corrected chi connectivity index (χ1v) is 13.1. The fraction of sp³-hybridized carbons (Fsp3) is 0.240. The minimum atomic E-state index is -4.71. The molecular formula is C25H23ClF3N3O4S. The van der Waals surface area contributed by atoms with Crippen molar-refractivity contribution < 1.29 is 30.8 Å². The van der Waals surface area contributed by atoms with E-state index in [0.717, 1.165) is 28.1 Å². The van der Waals surface area contributed by atoms with Crippen LogP contribution in [0.2, 0.25) is 5.02 Å². The topological polar surface area (TPSA) is 82.9 Å². The van der Waals surface area contributed by atoms with Crippen LogP contribution in [0.3, 0.4) is 0 Å². The molecule has 2 aromatic carbocycles. The van der Waals surface area contributed by atoms with Gasteiger partial charge in [0.15, 0.2) is 0 Å². The largest absolute Gasteiger partial charge is 0.467 e. The zero-order valence-corrected chi connectivity index (χ0v) is 21.1. The summed E-state index contributed by atoms with van der Waals surface area (Å²) in [5.74, 6) is -0.182. The highest BCUT2D eigenvalue weighted by molar-refractivity contribution is 7.89. The first-order chi connectivity index (χ1) is 17.5. The molecule has 2 heterocycles. The zero-order valence-electron chi connectivity index (χ0n) is 19.6. The number of nitrogens with zero attached hydrogens (tertiary/aromatic N) is 2. The molecule has 0 fully saturated rings. The molecule has 1 aromatic heterocycles. The maximum Gasteiger partial charge on any atom is 0.416 e. The Hall–Kier alpha value is -3.28. The molecule has 37 heavy (non-hydrogen) atoms. The molecule has 4 rings (SSSR count). The number of hydrazine groups is 1. The standard InChI is InChI=1S/C25H23ClF3N3O4S/c1-2-12-31(37(34,35)20-6-3-5-18(14-20)25(27,28)29)16-24(33)32-22(23-7-4-13-36-23)15-21(30-32)17-8-10-19(26)11-9-17/h3-11,13-15,22,30H,2,12,16H2,1H3/t22-/m0/s1. The van der Waals surface area contributed by atoms with Gasteiger partial charge in [-0.2, -0.15) is 17.5 Å². The molecule has 1 aliphatic heterocycles. The lowest BCUT2D eigenvalue weighted by atomic mass is 10.1. The molecule has 1 atom stereocenters. The molecule has 1 aliphatic rings. The Morgan fingerprint density at radius 2 is 1.86 bits per heavy atom. The Kier molecular flexibility index (Phi) is 7.67. The number of amides is 1.